The molecule has 3 rings (SSSR count). The Balaban J connectivity index is 1.46. The smallest absolute Gasteiger partial charge is 0.312 e. The number of anilines is 1. The van der Waals surface area contributed by atoms with Crippen LogP contribution in [0.15, 0.2) is 48.5 Å². The summed E-state index contributed by atoms with van der Waals surface area (Å²) in [7, 11) is 0. The Labute approximate surface area is 161 Å². The Morgan fingerprint density at radius 1 is 1.04 bits per heavy atom. The number of primary amides is 1. The van der Waals surface area contributed by atoms with Gasteiger partial charge in [-0.15, -0.1) is 11.3 Å². The summed E-state index contributed by atoms with van der Waals surface area (Å²) in [5.74, 6) is -0.0343. The molecule has 3 amide bonds. The molecule has 0 spiro atoms. The van der Waals surface area contributed by atoms with Crippen molar-refractivity contribution in [3.05, 3.63) is 59.1 Å². The van der Waals surface area contributed by atoms with Gasteiger partial charge >= 0.3 is 6.03 Å². The highest BCUT2D eigenvalue weighted by Gasteiger charge is 2.06. The number of aromatic nitrogens is 1. The van der Waals surface area contributed by atoms with Crippen molar-refractivity contribution in [3.63, 3.8) is 0 Å². The maximum Gasteiger partial charge on any atom is 0.312 e. The van der Waals surface area contributed by atoms with E-state index in [1.807, 2.05) is 42.5 Å². The van der Waals surface area contributed by atoms with Crippen LogP contribution in [0.1, 0.15) is 29.8 Å². The highest BCUT2D eigenvalue weighted by Crippen LogP contribution is 2.24. The van der Waals surface area contributed by atoms with E-state index < -0.39 is 6.03 Å². The van der Waals surface area contributed by atoms with Crippen LogP contribution in [0.5, 0.6) is 0 Å². The van der Waals surface area contributed by atoms with Crippen LogP contribution in [0.2, 0.25) is 0 Å². The molecule has 0 aliphatic heterocycles. The van der Waals surface area contributed by atoms with E-state index in [0.29, 0.717) is 19.4 Å². The van der Waals surface area contributed by atoms with Crippen molar-refractivity contribution < 1.29 is 9.59 Å². The molecule has 4 N–H and O–H groups in total. The second kappa shape index (κ2) is 9.14. The van der Waals surface area contributed by atoms with E-state index in [2.05, 4.69) is 21.7 Å². The second-order valence-electron chi connectivity index (χ2n) is 6.25. The number of fused-ring (bicyclic) bond motifs is 1. The number of unbranched alkanes of at least 4 members (excludes halogenated alkanes) is 1. The minimum absolute atomic E-state index is 0.0343. The Kier molecular flexibility index (Phi) is 6.38. The lowest BCUT2D eigenvalue weighted by Gasteiger charge is -2.06. The normalized spacial score (nSPS) is 10.7. The predicted octanol–water partition coefficient (Wildman–Crippen LogP) is 3.66. The zero-order chi connectivity index (χ0) is 19.1. The molecule has 0 aliphatic rings. The molecule has 2 aromatic carbocycles. The van der Waals surface area contributed by atoms with Crippen molar-refractivity contribution in [3.8, 4) is 0 Å². The number of benzene rings is 2. The summed E-state index contributed by atoms with van der Waals surface area (Å²) in [6.45, 7) is 0.489. The molecule has 0 saturated carbocycles. The fraction of sp³-hybridized carbons (Fsp3) is 0.250. The monoisotopic (exact) mass is 382 g/mol. The van der Waals surface area contributed by atoms with Gasteiger partial charge in [0.05, 0.1) is 15.2 Å². The van der Waals surface area contributed by atoms with Crippen LogP contribution >= 0.6 is 11.3 Å². The molecule has 0 saturated heterocycles. The number of carbonyl (C=O) groups excluding carboxylic acids is 2. The molecule has 0 fully saturated rings. The number of thiazole rings is 1. The van der Waals surface area contributed by atoms with E-state index >= 15 is 0 Å². The molecule has 0 bridgehead atoms. The number of carbonyl (C=O) groups is 2. The molecule has 140 valence electrons. The van der Waals surface area contributed by atoms with Gasteiger partial charge in [-0.05, 0) is 42.7 Å². The molecule has 6 nitrogen and oxygen atoms in total. The topological polar surface area (TPSA) is 97.1 Å². The van der Waals surface area contributed by atoms with Gasteiger partial charge in [0.2, 0.25) is 5.91 Å². The first kappa shape index (κ1) is 18.8. The van der Waals surface area contributed by atoms with E-state index in [9.17, 15) is 9.59 Å². The third-order valence-electron chi connectivity index (χ3n) is 4.06. The van der Waals surface area contributed by atoms with E-state index in [0.717, 1.165) is 34.6 Å². The summed E-state index contributed by atoms with van der Waals surface area (Å²) in [5, 5.41) is 6.48. The lowest BCUT2D eigenvalue weighted by atomic mass is 10.1. The number of urea groups is 1. The molecule has 0 atom stereocenters. The van der Waals surface area contributed by atoms with E-state index in [1.165, 1.54) is 4.70 Å². The summed E-state index contributed by atoms with van der Waals surface area (Å²) in [5.41, 5.74) is 7.96. The number of nitrogens with one attached hydrogen (secondary N) is 2. The minimum atomic E-state index is -0.537. The summed E-state index contributed by atoms with van der Waals surface area (Å²) in [6, 6.07) is 15.4. The highest BCUT2D eigenvalue weighted by molar-refractivity contribution is 7.18. The van der Waals surface area contributed by atoms with Gasteiger partial charge in [0.25, 0.3) is 0 Å². The van der Waals surface area contributed by atoms with Crippen LogP contribution in [-0.4, -0.2) is 23.5 Å². The van der Waals surface area contributed by atoms with Crippen LogP contribution < -0.4 is 16.4 Å². The van der Waals surface area contributed by atoms with Gasteiger partial charge in [-0.2, -0.15) is 0 Å². The van der Waals surface area contributed by atoms with Crippen LogP contribution in [0.3, 0.4) is 0 Å². The zero-order valence-corrected chi connectivity index (χ0v) is 15.7. The third kappa shape index (κ3) is 5.79. The van der Waals surface area contributed by atoms with E-state index in [-0.39, 0.29) is 5.91 Å². The summed E-state index contributed by atoms with van der Waals surface area (Å²) in [4.78, 5) is 27.2. The van der Waals surface area contributed by atoms with Crippen molar-refractivity contribution >= 4 is 39.2 Å². The third-order valence-corrected chi connectivity index (χ3v) is 5.10. The van der Waals surface area contributed by atoms with Gasteiger partial charge in [-0.25, -0.2) is 9.78 Å². The van der Waals surface area contributed by atoms with Crippen molar-refractivity contribution in [2.75, 3.05) is 11.9 Å². The van der Waals surface area contributed by atoms with Crippen molar-refractivity contribution in [1.82, 2.24) is 10.3 Å². The van der Waals surface area contributed by atoms with Gasteiger partial charge in [0.15, 0.2) is 0 Å². The number of hydrogen-bond donors (Lipinski definition) is 3. The van der Waals surface area contributed by atoms with Gasteiger partial charge in [-0.3, -0.25) is 4.79 Å². The lowest BCUT2D eigenvalue weighted by molar-refractivity contribution is -0.116. The molecule has 3 aromatic rings. The molecule has 1 aromatic heterocycles. The zero-order valence-electron chi connectivity index (χ0n) is 14.9. The lowest BCUT2D eigenvalue weighted by Crippen LogP contribution is -2.30. The van der Waals surface area contributed by atoms with Gasteiger partial charge in [-0.1, -0.05) is 24.3 Å². The van der Waals surface area contributed by atoms with E-state index in [4.69, 9.17) is 5.73 Å². The SMILES string of the molecule is NC(=O)NCCCCC(=O)Nc1ccc(Cc2nc3ccccc3s2)cc1. The first-order valence-electron chi connectivity index (χ1n) is 8.87. The number of amides is 3. The Bertz CT molecular complexity index is 888. The number of hydrogen-bond acceptors (Lipinski definition) is 4. The molecule has 27 heavy (non-hydrogen) atoms. The number of nitrogens with two attached hydrogens (primary N) is 1. The van der Waals surface area contributed by atoms with Gasteiger partial charge in [0.1, 0.15) is 0 Å². The fourth-order valence-electron chi connectivity index (χ4n) is 2.72. The quantitative estimate of drug-likeness (QED) is 0.519. The maximum absolute atomic E-state index is 12.0. The van der Waals surface area contributed by atoms with Gasteiger partial charge in [0, 0.05) is 25.1 Å². The van der Waals surface area contributed by atoms with Gasteiger partial charge < -0.3 is 16.4 Å². The van der Waals surface area contributed by atoms with Crippen LogP contribution in [-0.2, 0) is 11.2 Å². The predicted molar refractivity (Wildman–Crippen MR) is 109 cm³/mol. The van der Waals surface area contributed by atoms with Crippen LogP contribution in [0, 0.1) is 0 Å². The first-order valence-corrected chi connectivity index (χ1v) is 9.68. The highest BCUT2D eigenvalue weighted by atomic mass is 32.1. The Morgan fingerprint density at radius 2 is 1.81 bits per heavy atom. The first-order chi connectivity index (χ1) is 13.1. The summed E-state index contributed by atoms with van der Waals surface area (Å²) >= 11 is 1.71. The standard InChI is InChI=1S/C20H22N4O2S/c21-20(26)22-12-4-3-7-18(25)23-15-10-8-14(9-11-15)13-19-24-16-5-1-2-6-17(16)27-19/h1-2,5-6,8-11H,3-4,7,12-13H2,(H,23,25)(H3,21,22,26). The van der Waals surface area contributed by atoms with Crippen LogP contribution in [0.25, 0.3) is 10.2 Å². The van der Waals surface area contributed by atoms with Crippen molar-refractivity contribution in [2.24, 2.45) is 5.73 Å². The number of nitrogens with zero attached hydrogens (tertiary/aromatic N) is 1. The summed E-state index contributed by atoms with van der Waals surface area (Å²) < 4.78 is 1.20. The maximum atomic E-state index is 12.0. The largest absolute Gasteiger partial charge is 0.352 e. The Hall–Kier alpha value is -2.93. The average Bonchev–Trinajstić information content (AvgIpc) is 3.05. The molecule has 1 heterocycles. The summed E-state index contributed by atoms with van der Waals surface area (Å²) in [6.07, 6.45) is 2.60. The molecular weight excluding hydrogens is 360 g/mol. The molecule has 0 unspecified atom stereocenters. The second-order valence-corrected chi connectivity index (χ2v) is 7.36. The number of para-hydroxylation sites is 1. The average molecular weight is 382 g/mol. The molecular formula is C20H22N4O2S. The van der Waals surface area contributed by atoms with Crippen LogP contribution in [0.4, 0.5) is 10.5 Å². The Morgan fingerprint density at radius 3 is 2.56 bits per heavy atom. The van der Waals surface area contributed by atoms with Crippen molar-refractivity contribution in [2.45, 2.75) is 25.7 Å². The molecule has 0 aliphatic carbocycles. The van der Waals surface area contributed by atoms with Crippen molar-refractivity contribution in [1.29, 1.82) is 0 Å². The molecule has 0 radical (unpaired) electrons. The fourth-order valence-corrected chi connectivity index (χ4v) is 3.72. The number of rotatable bonds is 8. The van der Waals surface area contributed by atoms with E-state index in [1.54, 1.807) is 11.3 Å². The molecule has 7 heteroatoms. The minimum Gasteiger partial charge on any atom is -0.352 e.